The number of ether oxygens (including phenoxy) is 3. The van der Waals surface area contributed by atoms with E-state index in [4.69, 9.17) is 23.5 Å². The predicted octanol–water partition coefficient (Wildman–Crippen LogP) is 4.57. The first kappa shape index (κ1) is 35.1. The van der Waals surface area contributed by atoms with E-state index in [1.807, 2.05) is 86.6 Å². The molecule has 0 spiro atoms. The molecule has 0 radical (unpaired) electrons. The molecule has 5 aromatic rings. The maximum atomic E-state index is 15.0. The van der Waals surface area contributed by atoms with Gasteiger partial charge in [0.1, 0.15) is 17.2 Å². The van der Waals surface area contributed by atoms with Gasteiger partial charge in [-0.25, -0.2) is 8.42 Å². The molecule has 0 saturated carbocycles. The number of sulfonamides is 1. The predicted molar refractivity (Wildman–Crippen MR) is 189 cm³/mol. The standard InChI is InChI=1S/C36H40BN5O7S/c1-36(2)24-48-37(49-25-36)32-7-6-8-33(34(32)35-38-40-42(39-35)23-28-13-19-31(47-5)20-14-28)50(43,44)41(21-26-9-15-29(45-3)16-10-26)22-27-11-17-30(46-4)18-12-27/h6-20H,21-25H2,1-5H3. The second-order valence-corrected chi connectivity index (χ2v) is 14.7. The Labute approximate surface area is 293 Å². The first-order chi connectivity index (χ1) is 24.1. The van der Waals surface area contributed by atoms with Crippen LogP contribution in [0.15, 0.2) is 95.9 Å². The highest BCUT2D eigenvalue weighted by atomic mass is 32.2. The van der Waals surface area contributed by atoms with Gasteiger partial charge in [-0.1, -0.05) is 62.4 Å². The van der Waals surface area contributed by atoms with E-state index >= 15 is 0 Å². The van der Waals surface area contributed by atoms with Crippen molar-refractivity contribution in [1.82, 2.24) is 24.5 Å². The van der Waals surface area contributed by atoms with Gasteiger partial charge in [-0.2, -0.15) is 9.10 Å². The van der Waals surface area contributed by atoms with Gasteiger partial charge >= 0.3 is 7.12 Å². The van der Waals surface area contributed by atoms with Gasteiger partial charge in [-0.05, 0) is 69.8 Å². The fraction of sp³-hybridized carbons (Fsp3) is 0.306. The molecule has 2 heterocycles. The monoisotopic (exact) mass is 697 g/mol. The number of methoxy groups -OCH3 is 3. The molecule has 12 nitrogen and oxygen atoms in total. The lowest BCUT2D eigenvalue weighted by molar-refractivity contribution is 0.0343. The molecule has 0 aliphatic carbocycles. The summed E-state index contributed by atoms with van der Waals surface area (Å²) < 4.78 is 59.7. The number of hydrogen-bond donors (Lipinski definition) is 0. The highest BCUT2D eigenvalue weighted by Crippen LogP contribution is 2.31. The Balaban J connectivity index is 1.43. The maximum Gasteiger partial charge on any atom is 0.494 e. The van der Waals surface area contributed by atoms with Gasteiger partial charge in [0.2, 0.25) is 15.8 Å². The van der Waals surface area contributed by atoms with E-state index in [-0.39, 0.29) is 34.8 Å². The average molecular weight is 698 g/mol. The summed E-state index contributed by atoms with van der Waals surface area (Å²) in [6.07, 6.45) is 0. The maximum absolute atomic E-state index is 15.0. The summed E-state index contributed by atoms with van der Waals surface area (Å²) in [6.45, 7) is 5.43. The molecular weight excluding hydrogens is 657 g/mol. The van der Waals surface area contributed by atoms with Crippen LogP contribution in [0, 0.1) is 5.41 Å². The number of benzene rings is 4. The summed E-state index contributed by atoms with van der Waals surface area (Å²) in [6, 6.07) is 27.2. The molecule has 1 aliphatic rings. The molecule has 0 amide bonds. The highest BCUT2D eigenvalue weighted by Gasteiger charge is 2.39. The first-order valence-electron chi connectivity index (χ1n) is 16.1. The number of tetrazole rings is 1. The van der Waals surface area contributed by atoms with Crippen LogP contribution in [0.5, 0.6) is 17.2 Å². The van der Waals surface area contributed by atoms with Crippen LogP contribution in [-0.4, -0.2) is 74.6 Å². The molecular formula is C36H40BN5O7S. The first-order valence-corrected chi connectivity index (χ1v) is 17.6. The van der Waals surface area contributed by atoms with Crippen LogP contribution < -0.4 is 19.7 Å². The Kier molecular flexibility index (Phi) is 10.5. The lowest BCUT2D eigenvalue weighted by Crippen LogP contribution is -2.48. The Morgan fingerprint density at radius 3 is 1.76 bits per heavy atom. The molecule has 1 saturated heterocycles. The van der Waals surface area contributed by atoms with Crippen molar-refractivity contribution in [3.05, 3.63) is 108 Å². The molecule has 0 N–H and O–H groups in total. The van der Waals surface area contributed by atoms with Gasteiger partial charge in [0.05, 0.1) is 32.8 Å². The Morgan fingerprint density at radius 1 is 0.760 bits per heavy atom. The molecule has 0 unspecified atom stereocenters. The zero-order valence-electron chi connectivity index (χ0n) is 28.8. The van der Waals surface area contributed by atoms with E-state index in [1.54, 1.807) is 39.5 Å². The number of aromatic nitrogens is 4. The zero-order valence-corrected chi connectivity index (χ0v) is 29.6. The topological polar surface area (TPSA) is 127 Å². The third-order valence-electron chi connectivity index (χ3n) is 8.38. The van der Waals surface area contributed by atoms with Crippen LogP contribution in [-0.2, 0) is 39.0 Å². The van der Waals surface area contributed by atoms with Gasteiger partial charge < -0.3 is 23.5 Å². The SMILES string of the molecule is COc1ccc(CN(Cc2ccc(OC)cc2)S(=O)(=O)c2cccc(B3OCC(C)(C)CO3)c2-c2nnn(Cc3ccc(OC)cc3)n2)cc1. The zero-order chi connectivity index (χ0) is 35.3. The van der Waals surface area contributed by atoms with Crippen LogP contribution in [0.4, 0.5) is 0 Å². The summed E-state index contributed by atoms with van der Waals surface area (Å²) in [5, 5.41) is 13.4. The van der Waals surface area contributed by atoms with Crippen molar-refractivity contribution in [3.63, 3.8) is 0 Å². The lowest BCUT2D eigenvalue weighted by atomic mass is 9.73. The minimum absolute atomic E-state index is 0.0121. The largest absolute Gasteiger partial charge is 0.497 e. The summed E-state index contributed by atoms with van der Waals surface area (Å²) in [5.74, 6) is 2.22. The molecule has 4 aromatic carbocycles. The summed E-state index contributed by atoms with van der Waals surface area (Å²) in [5.41, 5.74) is 3.05. The molecule has 50 heavy (non-hydrogen) atoms. The van der Waals surface area contributed by atoms with Gasteiger partial charge in [-0.15, -0.1) is 10.2 Å². The molecule has 1 aromatic heterocycles. The van der Waals surface area contributed by atoms with Gasteiger partial charge in [-0.3, -0.25) is 0 Å². The van der Waals surface area contributed by atoms with Crippen molar-refractivity contribution in [1.29, 1.82) is 0 Å². The fourth-order valence-corrected chi connectivity index (χ4v) is 7.24. The molecule has 1 fully saturated rings. The third kappa shape index (κ3) is 8.00. The fourth-order valence-electron chi connectivity index (χ4n) is 5.61. The van der Waals surface area contributed by atoms with Crippen LogP contribution >= 0.6 is 0 Å². The van der Waals surface area contributed by atoms with Crippen molar-refractivity contribution in [2.24, 2.45) is 5.41 Å². The minimum atomic E-state index is -4.22. The number of hydrogen-bond acceptors (Lipinski definition) is 10. The van der Waals surface area contributed by atoms with Crippen LogP contribution in [0.3, 0.4) is 0 Å². The quantitative estimate of drug-likeness (QED) is 0.162. The van der Waals surface area contributed by atoms with Crippen molar-refractivity contribution >= 4 is 22.6 Å². The summed E-state index contributed by atoms with van der Waals surface area (Å²) in [4.78, 5) is 1.45. The van der Waals surface area contributed by atoms with E-state index in [0.29, 0.717) is 36.7 Å². The van der Waals surface area contributed by atoms with E-state index in [2.05, 4.69) is 15.4 Å². The van der Waals surface area contributed by atoms with Crippen molar-refractivity contribution in [3.8, 4) is 28.6 Å². The Bertz CT molecular complexity index is 1940. The van der Waals surface area contributed by atoms with Crippen LogP contribution in [0.2, 0.25) is 0 Å². The summed E-state index contributed by atoms with van der Waals surface area (Å²) >= 11 is 0. The Hall–Kier alpha value is -4.76. The van der Waals surface area contributed by atoms with Crippen molar-refractivity contribution in [2.45, 2.75) is 38.4 Å². The molecule has 6 rings (SSSR count). The number of nitrogens with zero attached hydrogens (tertiary/aromatic N) is 5. The molecule has 0 atom stereocenters. The van der Waals surface area contributed by atoms with E-state index in [0.717, 1.165) is 22.4 Å². The second-order valence-electron chi connectivity index (χ2n) is 12.8. The van der Waals surface area contributed by atoms with Crippen molar-refractivity contribution in [2.75, 3.05) is 34.5 Å². The number of rotatable bonds is 13. The van der Waals surface area contributed by atoms with E-state index in [1.165, 1.54) is 9.10 Å². The smallest absolute Gasteiger partial charge is 0.494 e. The molecule has 14 heteroatoms. The third-order valence-corrected chi connectivity index (χ3v) is 10.2. The average Bonchev–Trinajstić information content (AvgIpc) is 3.60. The molecule has 260 valence electrons. The minimum Gasteiger partial charge on any atom is -0.497 e. The van der Waals surface area contributed by atoms with E-state index < -0.39 is 17.1 Å². The van der Waals surface area contributed by atoms with Gasteiger partial charge in [0, 0.05) is 37.3 Å². The molecule has 1 aliphatic heterocycles. The van der Waals surface area contributed by atoms with Gasteiger partial charge in [0.15, 0.2) is 0 Å². The van der Waals surface area contributed by atoms with Gasteiger partial charge in [0.25, 0.3) is 0 Å². The Morgan fingerprint density at radius 2 is 1.26 bits per heavy atom. The highest BCUT2D eigenvalue weighted by molar-refractivity contribution is 7.89. The lowest BCUT2D eigenvalue weighted by Gasteiger charge is -2.33. The van der Waals surface area contributed by atoms with Crippen LogP contribution in [0.1, 0.15) is 30.5 Å². The second kappa shape index (κ2) is 15.0. The molecule has 0 bridgehead atoms. The van der Waals surface area contributed by atoms with Crippen molar-refractivity contribution < 1.29 is 31.9 Å². The van der Waals surface area contributed by atoms with E-state index in [9.17, 15) is 8.42 Å². The normalized spacial score (nSPS) is 14.5. The van der Waals surface area contributed by atoms with Crippen LogP contribution in [0.25, 0.3) is 11.4 Å². The summed E-state index contributed by atoms with van der Waals surface area (Å²) in [7, 11) is -0.266.